The van der Waals surface area contributed by atoms with Crippen LogP contribution >= 0.6 is 0 Å². The van der Waals surface area contributed by atoms with Crippen LogP contribution < -0.4 is 4.74 Å². The van der Waals surface area contributed by atoms with Crippen LogP contribution in [-0.4, -0.2) is 6.10 Å². The van der Waals surface area contributed by atoms with Crippen LogP contribution in [0.25, 0.3) is 0 Å². The summed E-state index contributed by atoms with van der Waals surface area (Å²) >= 11 is 0. The Morgan fingerprint density at radius 1 is 1.14 bits per heavy atom. The van der Waals surface area contributed by atoms with Gasteiger partial charge in [-0.25, -0.2) is 4.39 Å². The summed E-state index contributed by atoms with van der Waals surface area (Å²) in [6.07, 6.45) is 7.34. The first-order valence-electron chi connectivity index (χ1n) is 7.48. The van der Waals surface area contributed by atoms with Crippen molar-refractivity contribution < 1.29 is 18.3 Å². The molecule has 0 radical (unpaired) electrons. The summed E-state index contributed by atoms with van der Waals surface area (Å²) in [6.45, 7) is 4.07. The summed E-state index contributed by atoms with van der Waals surface area (Å²) in [6, 6.07) is 2.95. The molecule has 2 nitrogen and oxygen atoms in total. The van der Waals surface area contributed by atoms with Crippen molar-refractivity contribution in [3.8, 4) is 5.75 Å². The quantitative estimate of drug-likeness (QED) is 0.714. The molecule has 1 aromatic rings. The van der Waals surface area contributed by atoms with E-state index in [1.165, 1.54) is 18.4 Å². The van der Waals surface area contributed by atoms with Crippen molar-refractivity contribution in [3.05, 3.63) is 41.7 Å². The van der Waals surface area contributed by atoms with E-state index in [1.807, 2.05) is 0 Å². The molecule has 0 saturated heterocycles. The lowest BCUT2D eigenvalue weighted by molar-refractivity contribution is 0.00735. The molecule has 21 heavy (non-hydrogen) atoms. The van der Waals surface area contributed by atoms with Gasteiger partial charge in [0.2, 0.25) is 5.82 Å². The second-order valence-corrected chi connectivity index (χ2v) is 5.63. The maximum Gasteiger partial charge on any atom is 0.201 e. The highest BCUT2D eigenvalue weighted by Crippen LogP contribution is 2.28. The van der Waals surface area contributed by atoms with Crippen molar-refractivity contribution >= 4 is 0 Å². The number of allylic oxidation sites excluding steroid dienone is 1. The van der Waals surface area contributed by atoms with E-state index in [9.17, 15) is 8.78 Å². The van der Waals surface area contributed by atoms with Crippen LogP contribution in [0.1, 0.15) is 45.1 Å². The van der Waals surface area contributed by atoms with Crippen molar-refractivity contribution in [2.45, 2.75) is 52.2 Å². The Morgan fingerprint density at radius 2 is 1.86 bits per heavy atom. The molecular formula is C17H22F2O2. The smallest absolute Gasteiger partial charge is 0.201 e. The molecule has 0 atom stereocenters. The fourth-order valence-corrected chi connectivity index (χ4v) is 2.52. The number of rotatable bonds is 5. The minimum atomic E-state index is -0.966. The Labute approximate surface area is 124 Å². The summed E-state index contributed by atoms with van der Waals surface area (Å²) in [5.41, 5.74) is 0.235. The minimum absolute atomic E-state index is 0.103. The maximum atomic E-state index is 13.9. The monoisotopic (exact) mass is 296 g/mol. The van der Waals surface area contributed by atoms with Gasteiger partial charge in [0.05, 0.1) is 19.0 Å². The molecule has 1 aliphatic carbocycles. The van der Waals surface area contributed by atoms with E-state index in [4.69, 9.17) is 9.47 Å². The zero-order chi connectivity index (χ0) is 15.2. The molecule has 116 valence electrons. The lowest BCUT2D eigenvalue weighted by atomic mass is 9.89. The van der Waals surface area contributed by atoms with Gasteiger partial charge in [-0.05, 0) is 50.7 Å². The third-order valence-electron chi connectivity index (χ3n) is 3.90. The summed E-state index contributed by atoms with van der Waals surface area (Å²) < 4.78 is 38.5. The Bertz CT molecular complexity index is 492. The topological polar surface area (TPSA) is 18.5 Å². The highest BCUT2D eigenvalue weighted by molar-refractivity contribution is 5.31. The molecule has 0 aromatic heterocycles. The Hall–Kier alpha value is -1.42. The molecule has 0 heterocycles. The number of halogens is 2. The predicted molar refractivity (Wildman–Crippen MR) is 78.0 cm³/mol. The van der Waals surface area contributed by atoms with E-state index in [0.29, 0.717) is 0 Å². The Kier molecular flexibility index (Phi) is 5.74. The average Bonchev–Trinajstić information content (AvgIpc) is 2.49. The largest absolute Gasteiger partial charge is 0.462 e. The van der Waals surface area contributed by atoms with Gasteiger partial charge in [-0.1, -0.05) is 13.0 Å². The maximum absolute atomic E-state index is 13.9. The molecule has 0 bridgehead atoms. The second-order valence-electron chi connectivity index (χ2n) is 5.63. The first kappa shape index (κ1) is 16.0. The molecule has 0 aliphatic heterocycles. The summed E-state index contributed by atoms with van der Waals surface area (Å²) in [4.78, 5) is 0. The Balaban J connectivity index is 1.96. The van der Waals surface area contributed by atoms with E-state index in [1.54, 1.807) is 13.0 Å². The van der Waals surface area contributed by atoms with Gasteiger partial charge in [-0.2, -0.15) is 4.39 Å². The third-order valence-corrected chi connectivity index (χ3v) is 3.90. The van der Waals surface area contributed by atoms with E-state index >= 15 is 0 Å². The van der Waals surface area contributed by atoms with Crippen molar-refractivity contribution in [1.29, 1.82) is 0 Å². The Morgan fingerprint density at radius 3 is 2.52 bits per heavy atom. The summed E-state index contributed by atoms with van der Waals surface area (Å²) in [5, 5.41) is 0. The number of hydrogen-bond acceptors (Lipinski definition) is 2. The van der Waals surface area contributed by atoms with Gasteiger partial charge in [-0.15, -0.1) is 0 Å². The number of ether oxygens (including phenoxy) is 2. The molecule has 1 saturated carbocycles. The summed E-state index contributed by atoms with van der Waals surface area (Å²) in [5.74, 6) is -1.23. The fourth-order valence-electron chi connectivity index (χ4n) is 2.52. The second kappa shape index (κ2) is 7.55. The van der Waals surface area contributed by atoms with Gasteiger partial charge in [0.15, 0.2) is 11.6 Å². The van der Waals surface area contributed by atoms with Gasteiger partial charge < -0.3 is 9.47 Å². The number of hydrogen-bond donors (Lipinski definition) is 0. The van der Waals surface area contributed by atoms with Gasteiger partial charge in [-0.3, -0.25) is 0 Å². The van der Waals surface area contributed by atoms with Crippen LogP contribution in [-0.2, 0) is 11.3 Å². The van der Waals surface area contributed by atoms with Crippen LogP contribution in [0.2, 0.25) is 0 Å². The van der Waals surface area contributed by atoms with Crippen LogP contribution in [0.15, 0.2) is 24.5 Å². The third kappa shape index (κ3) is 4.27. The highest BCUT2D eigenvalue weighted by atomic mass is 19.2. The molecule has 0 N–H and O–H groups in total. The molecule has 1 fully saturated rings. The lowest BCUT2D eigenvalue weighted by Gasteiger charge is -2.26. The molecule has 0 spiro atoms. The zero-order valence-electron chi connectivity index (χ0n) is 12.6. The van der Waals surface area contributed by atoms with Crippen molar-refractivity contribution in [3.63, 3.8) is 0 Å². The first-order chi connectivity index (χ1) is 10.1. The van der Waals surface area contributed by atoms with Crippen molar-refractivity contribution in [1.82, 2.24) is 0 Å². The average molecular weight is 296 g/mol. The van der Waals surface area contributed by atoms with Crippen LogP contribution in [0.3, 0.4) is 0 Å². The van der Waals surface area contributed by atoms with Crippen molar-refractivity contribution in [2.24, 2.45) is 5.92 Å². The van der Waals surface area contributed by atoms with E-state index in [2.05, 4.69) is 6.92 Å². The highest BCUT2D eigenvalue weighted by Gasteiger charge is 2.20. The molecule has 1 aliphatic rings. The molecule has 2 rings (SSSR count). The lowest BCUT2D eigenvalue weighted by Crippen LogP contribution is -2.20. The molecule has 4 heteroatoms. The number of benzene rings is 1. The zero-order valence-corrected chi connectivity index (χ0v) is 12.6. The molecule has 1 aromatic carbocycles. The molecular weight excluding hydrogens is 274 g/mol. The SMILES string of the molecule is C/C=C/Oc1ccc(COC2CCC(C)CC2)c(F)c1F. The van der Waals surface area contributed by atoms with Gasteiger partial charge in [0.25, 0.3) is 0 Å². The summed E-state index contributed by atoms with van der Waals surface area (Å²) in [7, 11) is 0. The minimum Gasteiger partial charge on any atom is -0.462 e. The molecule has 0 unspecified atom stereocenters. The van der Waals surface area contributed by atoms with Gasteiger partial charge >= 0.3 is 0 Å². The van der Waals surface area contributed by atoms with Crippen molar-refractivity contribution in [2.75, 3.05) is 0 Å². The van der Waals surface area contributed by atoms with Crippen LogP contribution in [0.5, 0.6) is 5.75 Å². The standard InChI is InChI=1S/C17H22F2O2/c1-3-10-20-15-9-6-13(16(18)17(15)19)11-21-14-7-4-12(2)5-8-14/h3,6,9-10,12,14H,4-5,7-8,11H2,1-2H3/b10-3+. The van der Waals surface area contributed by atoms with E-state index in [-0.39, 0.29) is 24.0 Å². The predicted octanol–water partition coefficient (Wildman–Crippen LogP) is 4.97. The van der Waals surface area contributed by atoms with Gasteiger partial charge in [0, 0.05) is 5.56 Å². The normalized spacial score (nSPS) is 22.7. The molecule has 0 amide bonds. The first-order valence-corrected chi connectivity index (χ1v) is 7.48. The van der Waals surface area contributed by atoms with E-state index < -0.39 is 11.6 Å². The van der Waals surface area contributed by atoms with Crippen LogP contribution in [0, 0.1) is 17.6 Å². The fraction of sp³-hybridized carbons (Fsp3) is 0.529. The van der Waals surface area contributed by atoms with Gasteiger partial charge in [0.1, 0.15) is 0 Å². The van der Waals surface area contributed by atoms with E-state index in [0.717, 1.165) is 31.6 Å². The van der Waals surface area contributed by atoms with Crippen LogP contribution in [0.4, 0.5) is 8.78 Å².